The maximum Gasteiger partial charge on any atom is 0.326 e. The molecule has 0 saturated heterocycles. The molecule has 180 valence electrons. The number of rotatable bonds is 12. The van der Waals surface area contributed by atoms with Gasteiger partial charge in [0.15, 0.2) is 0 Å². The first kappa shape index (κ1) is 26.2. The molecule has 7 N–H and O–H groups in total. The number of aliphatic carboxylic acids is 1. The molecule has 1 heterocycles. The van der Waals surface area contributed by atoms with E-state index in [0.717, 1.165) is 16.5 Å². The third-order valence-corrected chi connectivity index (χ3v) is 5.89. The van der Waals surface area contributed by atoms with Crippen LogP contribution in [0.15, 0.2) is 30.5 Å². The lowest BCUT2D eigenvalue weighted by molar-refractivity contribution is -0.142. The second kappa shape index (κ2) is 12.3. The minimum Gasteiger partial charge on any atom is -0.480 e. The number of fused-ring (bicyclic) bond motifs is 1. The van der Waals surface area contributed by atoms with Crippen LogP contribution in [0.2, 0.25) is 0 Å². The van der Waals surface area contributed by atoms with Crippen LogP contribution >= 0.6 is 12.6 Å². The van der Waals surface area contributed by atoms with E-state index in [2.05, 4.69) is 33.6 Å². The van der Waals surface area contributed by atoms with Crippen molar-refractivity contribution in [2.45, 2.75) is 44.8 Å². The van der Waals surface area contributed by atoms with Crippen LogP contribution in [0.1, 0.15) is 25.8 Å². The smallest absolute Gasteiger partial charge is 0.326 e. The lowest BCUT2D eigenvalue weighted by Crippen LogP contribution is -2.58. The van der Waals surface area contributed by atoms with Gasteiger partial charge >= 0.3 is 5.97 Å². The first-order chi connectivity index (χ1) is 15.7. The van der Waals surface area contributed by atoms with Gasteiger partial charge in [0.1, 0.15) is 18.1 Å². The predicted octanol–water partition coefficient (Wildman–Crippen LogP) is 0.184. The fourth-order valence-corrected chi connectivity index (χ4v) is 3.64. The van der Waals surface area contributed by atoms with Crippen molar-refractivity contribution in [2.75, 3.05) is 12.3 Å². The Morgan fingerprint density at radius 2 is 1.76 bits per heavy atom. The first-order valence-corrected chi connectivity index (χ1v) is 11.3. The molecule has 10 nitrogen and oxygen atoms in total. The predicted molar refractivity (Wildman–Crippen MR) is 128 cm³/mol. The number of carbonyl (C=O) groups is 4. The number of aromatic amines is 1. The molecular weight excluding hydrogens is 446 g/mol. The molecule has 0 aliphatic rings. The van der Waals surface area contributed by atoms with Crippen molar-refractivity contribution in [2.24, 2.45) is 11.7 Å². The molecule has 11 heteroatoms. The van der Waals surface area contributed by atoms with Crippen molar-refractivity contribution in [1.82, 2.24) is 20.9 Å². The van der Waals surface area contributed by atoms with Crippen LogP contribution in [0.4, 0.5) is 0 Å². The summed E-state index contributed by atoms with van der Waals surface area (Å²) in [6, 6.07) is 4.26. The van der Waals surface area contributed by atoms with Gasteiger partial charge in [0.2, 0.25) is 17.7 Å². The van der Waals surface area contributed by atoms with Gasteiger partial charge in [0.25, 0.3) is 0 Å². The Hall–Kier alpha value is -3.05. The second-order valence-corrected chi connectivity index (χ2v) is 8.21. The molecule has 0 fully saturated rings. The molecular formula is C22H31N5O5S. The van der Waals surface area contributed by atoms with Crippen LogP contribution in [0.3, 0.4) is 0 Å². The van der Waals surface area contributed by atoms with Gasteiger partial charge < -0.3 is 31.8 Å². The molecule has 0 aliphatic carbocycles. The molecule has 0 spiro atoms. The van der Waals surface area contributed by atoms with Crippen LogP contribution in [-0.2, 0) is 25.6 Å². The Morgan fingerprint density at radius 3 is 2.36 bits per heavy atom. The standard InChI is InChI=1S/C22H31N5O5S/c1-3-12(2)19(27-18(28)9-23)21(30)26-17(11-33)20(29)25-16(22(31)32)8-13-10-24-15-7-5-4-6-14(13)15/h4-7,10,12,16-17,19,24,33H,3,8-9,11,23H2,1-2H3,(H,25,29)(H,26,30)(H,27,28)(H,31,32). The second-order valence-electron chi connectivity index (χ2n) is 7.84. The maximum absolute atomic E-state index is 12.8. The molecule has 0 radical (unpaired) electrons. The summed E-state index contributed by atoms with van der Waals surface area (Å²) in [6.45, 7) is 3.38. The molecule has 0 bridgehead atoms. The molecule has 1 aromatic heterocycles. The molecule has 2 aromatic rings. The fourth-order valence-electron chi connectivity index (χ4n) is 3.38. The maximum atomic E-state index is 12.8. The van der Waals surface area contributed by atoms with E-state index in [1.54, 1.807) is 13.1 Å². The summed E-state index contributed by atoms with van der Waals surface area (Å²) >= 11 is 4.14. The van der Waals surface area contributed by atoms with E-state index in [1.807, 2.05) is 31.2 Å². The molecule has 1 aromatic carbocycles. The summed E-state index contributed by atoms with van der Waals surface area (Å²) in [7, 11) is 0. The summed E-state index contributed by atoms with van der Waals surface area (Å²) in [5.41, 5.74) is 6.94. The largest absolute Gasteiger partial charge is 0.480 e. The summed E-state index contributed by atoms with van der Waals surface area (Å²) in [5, 5.41) is 18.1. The highest BCUT2D eigenvalue weighted by Crippen LogP contribution is 2.19. The number of para-hydroxylation sites is 1. The van der Waals surface area contributed by atoms with Crippen molar-refractivity contribution in [3.63, 3.8) is 0 Å². The summed E-state index contributed by atoms with van der Waals surface area (Å²) < 4.78 is 0. The van der Waals surface area contributed by atoms with Crippen molar-refractivity contribution < 1.29 is 24.3 Å². The molecule has 0 saturated carbocycles. The van der Waals surface area contributed by atoms with Crippen LogP contribution in [0.25, 0.3) is 10.9 Å². The lowest BCUT2D eigenvalue weighted by Gasteiger charge is -2.26. The molecule has 4 atom stereocenters. The molecule has 2 rings (SSSR count). The molecule has 0 aliphatic heterocycles. The van der Waals surface area contributed by atoms with Gasteiger partial charge in [-0.1, -0.05) is 38.5 Å². The Bertz CT molecular complexity index is 994. The van der Waals surface area contributed by atoms with Crippen LogP contribution in [-0.4, -0.2) is 64.2 Å². The fraction of sp³-hybridized carbons (Fsp3) is 0.455. The number of thiol groups is 1. The van der Waals surface area contributed by atoms with Crippen molar-refractivity contribution in [3.8, 4) is 0 Å². The minimum absolute atomic E-state index is 0.0559. The zero-order valence-electron chi connectivity index (χ0n) is 18.6. The summed E-state index contributed by atoms with van der Waals surface area (Å²) in [5.74, 6) is -3.22. The number of H-pyrrole nitrogens is 1. The zero-order chi connectivity index (χ0) is 24.5. The van der Waals surface area contributed by atoms with Gasteiger partial charge in [0.05, 0.1) is 6.54 Å². The molecule has 3 amide bonds. The van der Waals surface area contributed by atoms with Gasteiger partial charge in [0, 0.05) is 29.3 Å². The highest BCUT2D eigenvalue weighted by molar-refractivity contribution is 7.80. The van der Waals surface area contributed by atoms with Gasteiger partial charge in [-0.25, -0.2) is 4.79 Å². The average Bonchev–Trinajstić information content (AvgIpc) is 3.22. The Labute approximate surface area is 197 Å². The van der Waals surface area contributed by atoms with E-state index >= 15 is 0 Å². The number of hydrogen-bond donors (Lipinski definition) is 7. The van der Waals surface area contributed by atoms with E-state index in [9.17, 15) is 24.3 Å². The first-order valence-electron chi connectivity index (χ1n) is 10.7. The normalized spacial score (nSPS) is 14.7. The third-order valence-electron chi connectivity index (χ3n) is 5.53. The molecule has 33 heavy (non-hydrogen) atoms. The van der Waals surface area contributed by atoms with Crippen LogP contribution in [0, 0.1) is 5.92 Å². The average molecular weight is 478 g/mol. The van der Waals surface area contributed by atoms with Crippen molar-refractivity contribution >= 4 is 47.2 Å². The number of nitrogens with two attached hydrogens (primary N) is 1. The van der Waals surface area contributed by atoms with Crippen molar-refractivity contribution in [3.05, 3.63) is 36.0 Å². The van der Waals surface area contributed by atoms with Gasteiger partial charge in [-0.3, -0.25) is 14.4 Å². The van der Waals surface area contributed by atoms with Gasteiger partial charge in [-0.05, 0) is 17.5 Å². The number of amides is 3. The number of carboxylic acids is 1. The van der Waals surface area contributed by atoms with E-state index in [0.29, 0.717) is 6.42 Å². The number of carbonyl (C=O) groups excluding carboxylic acids is 3. The zero-order valence-corrected chi connectivity index (χ0v) is 19.5. The van der Waals surface area contributed by atoms with Crippen LogP contribution in [0.5, 0.6) is 0 Å². The number of hydrogen-bond acceptors (Lipinski definition) is 6. The number of aromatic nitrogens is 1. The van der Waals surface area contributed by atoms with E-state index in [1.165, 1.54) is 0 Å². The molecule has 4 unspecified atom stereocenters. The highest BCUT2D eigenvalue weighted by atomic mass is 32.1. The SMILES string of the molecule is CCC(C)C(NC(=O)CN)C(=O)NC(CS)C(=O)NC(Cc1c[nH]c2ccccc12)C(=O)O. The highest BCUT2D eigenvalue weighted by Gasteiger charge is 2.31. The van der Waals surface area contributed by atoms with Crippen LogP contribution < -0.4 is 21.7 Å². The number of carboxylic acid groups (broad SMARTS) is 1. The Kier molecular flexibility index (Phi) is 9.74. The minimum atomic E-state index is -1.21. The summed E-state index contributed by atoms with van der Waals surface area (Å²) in [6.07, 6.45) is 2.37. The van der Waals surface area contributed by atoms with E-state index in [-0.39, 0.29) is 24.6 Å². The topological polar surface area (TPSA) is 166 Å². The number of nitrogens with one attached hydrogen (secondary N) is 4. The quantitative estimate of drug-likeness (QED) is 0.215. The van der Waals surface area contributed by atoms with Gasteiger partial charge in [-0.2, -0.15) is 12.6 Å². The van der Waals surface area contributed by atoms with E-state index < -0.39 is 41.8 Å². The Balaban J connectivity index is 2.10. The Morgan fingerprint density at radius 1 is 1.09 bits per heavy atom. The third kappa shape index (κ3) is 6.96. The monoisotopic (exact) mass is 477 g/mol. The van der Waals surface area contributed by atoms with Crippen molar-refractivity contribution in [1.29, 1.82) is 0 Å². The summed E-state index contributed by atoms with van der Waals surface area (Å²) in [4.78, 5) is 52.2. The van der Waals surface area contributed by atoms with Gasteiger partial charge in [-0.15, -0.1) is 0 Å². The lowest BCUT2D eigenvalue weighted by atomic mass is 9.98. The number of benzene rings is 1. The van der Waals surface area contributed by atoms with E-state index in [4.69, 9.17) is 5.73 Å².